The fraction of sp³-hybridized carbons (Fsp3) is 0.200. The molecule has 0 saturated carbocycles. The second-order valence-electron chi connectivity index (χ2n) is 7.52. The zero-order valence-corrected chi connectivity index (χ0v) is 17.8. The third kappa shape index (κ3) is 4.68. The number of carbonyl (C=O) groups excluding carboxylic acids is 1. The molecule has 0 bridgehead atoms. The van der Waals surface area contributed by atoms with E-state index in [4.69, 9.17) is 0 Å². The van der Waals surface area contributed by atoms with E-state index in [1.54, 1.807) is 29.4 Å². The highest BCUT2D eigenvalue weighted by Crippen LogP contribution is 2.35. The average Bonchev–Trinajstić information content (AvgIpc) is 2.74. The molecule has 1 aliphatic heterocycles. The van der Waals surface area contributed by atoms with Gasteiger partial charge in [-0.15, -0.1) is 4.58 Å². The number of halogens is 3. The van der Waals surface area contributed by atoms with Gasteiger partial charge in [0.2, 0.25) is 5.69 Å². The Hall–Kier alpha value is -3.41. The highest BCUT2D eigenvalue weighted by Gasteiger charge is 2.34. The number of aryl methyl sites for hydroxylation is 2. The predicted octanol–water partition coefficient (Wildman–Crippen LogP) is 6.55. The van der Waals surface area contributed by atoms with Gasteiger partial charge in [0.05, 0.1) is 11.1 Å². The van der Waals surface area contributed by atoms with E-state index < -0.39 is 17.6 Å². The fourth-order valence-corrected chi connectivity index (χ4v) is 3.32. The summed E-state index contributed by atoms with van der Waals surface area (Å²) in [4.78, 5) is 14.6. The van der Waals surface area contributed by atoms with Crippen LogP contribution in [0.25, 0.3) is 0 Å². The molecule has 6 heteroatoms. The molecule has 2 aromatic carbocycles. The number of anilines is 1. The van der Waals surface area contributed by atoms with Crippen LogP contribution >= 0.6 is 0 Å². The highest BCUT2D eigenvalue weighted by atomic mass is 19.4. The van der Waals surface area contributed by atoms with Crippen molar-refractivity contribution < 1.29 is 22.5 Å². The average molecular weight is 425 g/mol. The van der Waals surface area contributed by atoms with Crippen LogP contribution in [0, 0.1) is 6.92 Å². The molecule has 0 saturated heterocycles. The number of benzene rings is 2. The Labute approximate surface area is 180 Å². The van der Waals surface area contributed by atoms with Gasteiger partial charge in [0.15, 0.2) is 0 Å². The van der Waals surface area contributed by atoms with Gasteiger partial charge in [-0.25, -0.2) is 4.79 Å². The van der Waals surface area contributed by atoms with Crippen molar-refractivity contribution >= 4 is 24.0 Å². The SMILES string of the molecule is C=C1C=CN(c2cc(C(=O)[N+](=C)c3ccc(C)c(CC)c3)cc(C(F)(F)F)c2)C=C1C. The van der Waals surface area contributed by atoms with Crippen molar-refractivity contribution in [1.29, 1.82) is 0 Å². The molecule has 3 rings (SSSR count). The number of amides is 1. The van der Waals surface area contributed by atoms with E-state index in [0.717, 1.165) is 45.4 Å². The van der Waals surface area contributed by atoms with E-state index in [0.29, 0.717) is 5.69 Å². The van der Waals surface area contributed by atoms with Crippen molar-refractivity contribution in [2.45, 2.75) is 33.4 Å². The largest absolute Gasteiger partial charge is 0.424 e. The molecule has 2 aromatic rings. The van der Waals surface area contributed by atoms with Crippen LogP contribution in [0.1, 0.15) is 40.9 Å². The van der Waals surface area contributed by atoms with Crippen LogP contribution in [0.5, 0.6) is 0 Å². The Balaban J connectivity index is 2.05. The number of rotatable bonds is 4. The minimum absolute atomic E-state index is 0.0951. The third-order valence-electron chi connectivity index (χ3n) is 5.34. The molecule has 1 amide bonds. The summed E-state index contributed by atoms with van der Waals surface area (Å²) in [6, 6.07) is 8.76. The van der Waals surface area contributed by atoms with Crippen LogP contribution < -0.4 is 4.90 Å². The van der Waals surface area contributed by atoms with Gasteiger partial charge in [0.1, 0.15) is 6.72 Å². The number of carbonyl (C=O) groups is 1. The molecule has 0 aliphatic carbocycles. The molecule has 3 nitrogen and oxygen atoms in total. The fourth-order valence-electron chi connectivity index (χ4n) is 3.32. The van der Waals surface area contributed by atoms with Gasteiger partial charge in [-0.1, -0.05) is 19.6 Å². The maximum absolute atomic E-state index is 13.6. The lowest BCUT2D eigenvalue weighted by molar-refractivity contribution is -0.324. The van der Waals surface area contributed by atoms with Crippen molar-refractivity contribution in [1.82, 2.24) is 0 Å². The Kier molecular flexibility index (Phi) is 6.02. The lowest BCUT2D eigenvalue weighted by Gasteiger charge is -2.23. The van der Waals surface area contributed by atoms with Crippen LogP contribution in [-0.4, -0.2) is 17.2 Å². The summed E-state index contributed by atoms with van der Waals surface area (Å²) in [5.74, 6) is -0.621. The summed E-state index contributed by atoms with van der Waals surface area (Å²) in [5, 5.41) is 0. The molecule has 0 N–H and O–H groups in total. The van der Waals surface area contributed by atoms with Crippen molar-refractivity contribution in [2.75, 3.05) is 4.90 Å². The summed E-state index contributed by atoms with van der Waals surface area (Å²) >= 11 is 0. The van der Waals surface area contributed by atoms with Crippen molar-refractivity contribution in [3.8, 4) is 0 Å². The molecule has 31 heavy (non-hydrogen) atoms. The van der Waals surface area contributed by atoms with Crippen LogP contribution in [0.15, 0.2) is 72.6 Å². The van der Waals surface area contributed by atoms with Gasteiger partial charge in [-0.2, -0.15) is 13.2 Å². The molecule has 0 radical (unpaired) electrons. The van der Waals surface area contributed by atoms with E-state index in [1.165, 1.54) is 6.07 Å². The number of hydrogen-bond donors (Lipinski definition) is 0. The molecule has 0 unspecified atom stereocenters. The first-order chi connectivity index (χ1) is 14.5. The Morgan fingerprint density at radius 1 is 1.13 bits per heavy atom. The first-order valence-corrected chi connectivity index (χ1v) is 9.82. The van der Waals surface area contributed by atoms with Gasteiger partial charge in [0, 0.05) is 30.2 Å². The molecule has 1 heterocycles. The maximum atomic E-state index is 13.6. The normalized spacial score (nSPS) is 13.9. The molecule has 160 valence electrons. The van der Waals surface area contributed by atoms with Gasteiger partial charge in [0.25, 0.3) is 0 Å². The Morgan fingerprint density at radius 3 is 2.45 bits per heavy atom. The van der Waals surface area contributed by atoms with E-state index >= 15 is 0 Å². The first-order valence-electron chi connectivity index (χ1n) is 9.82. The van der Waals surface area contributed by atoms with Gasteiger partial charge in [-0.05, 0) is 66.8 Å². The molecular formula is C25H24F3N2O+. The monoisotopic (exact) mass is 425 g/mol. The lowest BCUT2D eigenvalue weighted by atomic mass is 10.0. The van der Waals surface area contributed by atoms with Crippen LogP contribution in [0.2, 0.25) is 0 Å². The van der Waals surface area contributed by atoms with Crippen molar-refractivity contribution in [3.05, 3.63) is 94.9 Å². The molecule has 1 aliphatic rings. The molecule has 0 atom stereocenters. The topological polar surface area (TPSA) is 23.3 Å². The Morgan fingerprint density at radius 2 is 1.84 bits per heavy atom. The van der Waals surface area contributed by atoms with E-state index in [-0.39, 0.29) is 11.3 Å². The molecule has 0 fully saturated rings. The van der Waals surface area contributed by atoms with Gasteiger partial charge >= 0.3 is 12.1 Å². The number of allylic oxidation sites excluding steroid dienone is 3. The second kappa shape index (κ2) is 8.38. The zero-order valence-electron chi connectivity index (χ0n) is 17.8. The predicted molar refractivity (Wildman–Crippen MR) is 118 cm³/mol. The van der Waals surface area contributed by atoms with Gasteiger partial charge in [-0.3, -0.25) is 0 Å². The highest BCUT2D eigenvalue weighted by molar-refractivity contribution is 5.92. The summed E-state index contributed by atoms with van der Waals surface area (Å²) in [6.07, 6.45) is 1.19. The van der Waals surface area contributed by atoms with E-state index in [9.17, 15) is 18.0 Å². The van der Waals surface area contributed by atoms with Crippen molar-refractivity contribution in [2.24, 2.45) is 0 Å². The molecule has 0 aromatic heterocycles. The molecular weight excluding hydrogens is 401 g/mol. The standard InChI is InChI=1S/C25H24F3N2O/c1-6-19-12-22(8-7-17(19)3)29(5)24(31)20-11-21(25(26,27)28)14-23(13-20)30-10-9-16(2)18(4)15-30/h7-15H,2,5-6H2,1,3-4H3/q+1. The van der Waals surface area contributed by atoms with E-state index in [1.807, 2.05) is 32.9 Å². The maximum Gasteiger partial charge on any atom is 0.424 e. The minimum atomic E-state index is -4.60. The van der Waals surface area contributed by atoms with Crippen LogP contribution in [0.4, 0.5) is 24.5 Å². The second-order valence-corrected chi connectivity index (χ2v) is 7.52. The summed E-state index contributed by atoms with van der Waals surface area (Å²) in [5.41, 5.74) is 3.47. The van der Waals surface area contributed by atoms with Crippen LogP contribution in [-0.2, 0) is 12.6 Å². The smallest absolute Gasteiger partial charge is 0.324 e. The Bertz CT molecular complexity index is 1140. The zero-order chi connectivity index (χ0) is 22.9. The van der Waals surface area contributed by atoms with Crippen LogP contribution in [0.3, 0.4) is 0 Å². The molecule has 0 spiro atoms. The lowest BCUT2D eigenvalue weighted by Crippen LogP contribution is -2.19. The minimum Gasteiger partial charge on any atom is -0.324 e. The van der Waals surface area contributed by atoms with Crippen molar-refractivity contribution in [3.63, 3.8) is 0 Å². The first kappa shape index (κ1) is 22.3. The number of hydrogen-bond acceptors (Lipinski definition) is 2. The quantitative estimate of drug-likeness (QED) is 0.409. The summed E-state index contributed by atoms with van der Waals surface area (Å²) in [7, 11) is 0. The van der Waals surface area contributed by atoms with E-state index in [2.05, 4.69) is 13.3 Å². The van der Waals surface area contributed by atoms with Gasteiger partial charge < -0.3 is 4.90 Å². The third-order valence-corrected chi connectivity index (χ3v) is 5.34. The summed E-state index contributed by atoms with van der Waals surface area (Å²) < 4.78 is 41.9. The summed E-state index contributed by atoms with van der Waals surface area (Å²) in [6.45, 7) is 13.4. The number of nitrogens with zero attached hydrogens (tertiary/aromatic N) is 2. The number of alkyl halides is 3.